The summed E-state index contributed by atoms with van der Waals surface area (Å²) < 4.78 is 1.52. The molecule has 0 aliphatic rings. The topological polar surface area (TPSA) is 102 Å². The Kier molecular flexibility index (Phi) is 6.02. The minimum absolute atomic E-state index is 0.148. The van der Waals surface area contributed by atoms with Crippen molar-refractivity contribution in [3.8, 4) is 5.69 Å². The van der Waals surface area contributed by atoms with Crippen LogP contribution in [0.1, 0.15) is 30.1 Å². The van der Waals surface area contributed by atoms with Crippen molar-refractivity contribution in [2.75, 3.05) is 19.7 Å². The van der Waals surface area contributed by atoms with Crippen LogP contribution in [-0.2, 0) is 0 Å². The number of aliphatic hydroxyl groups excluding tert-OH is 1. The Morgan fingerprint density at radius 3 is 2.79 bits per heavy atom. The largest absolute Gasteiger partial charge is 0.395 e. The maximum absolute atomic E-state index is 12.6. The zero-order chi connectivity index (χ0) is 17.5. The van der Waals surface area contributed by atoms with Crippen LogP contribution in [0.4, 0.5) is 5.69 Å². The van der Waals surface area contributed by atoms with Crippen LogP contribution in [0.5, 0.6) is 0 Å². The summed E-state index contributed by atoms with van der Waals surface area (Å²) in [6, 6.07) is 4.36. The molecule has 0 unspecified atom stereocenters. The summed E-state index contributed by atoms with van der Waals surface area (Å²) in [6.07, 6.45) is 6.30. The Labute approximate surface area is 139 Å². The lowest BCUT2D eigenvalue weighted by Gasteiger charge is -2.21. The number of carbonyl (C=O) groups is 1. The minimum Gasteiger partial charge on any atom is -0.395 e. The molecule has 1 amide bonds. The van der Waals surface area contributed by atoms with Crippen molar-refractivity contribution < 1.29 is 14.8 Å². The Balaban J connectivity index is 2.35. The molecule has 1 heterocycles. The highest BCUT2D eigenvalue weighted by atomic mass is 16.6. The average molecular weight is 332 g/mol. The number of hydrogen-bond acceptors (Lipinski definition) is 5. The van der Waals surface area contributed by atoms with Gasteiger partial charge in [-0.05, 0) is 18.6 Å². The van der Waals surface area contributed by atoms with E-state index in [-0.39, 0.29) is 30.3 Å². The molecule has 0 saturated heterocycles. The Morgan fingerprint density at radius 2 is 2.21 bits per heavy atom. The number of hydrogen-bond donors (Lipinski definition) is 1. The highest BCUT2D eigenvalue weighted by molar-refractivity contribution is 5.95. The van der Waals surface area contributed by atoms with E-state index < -0.39 is 4.92 Å². The molecule has 0 atom stereocenters. The van der Waals surface area contributed by atoms with E-state index in [1.165, 1.54) is 34.1 Å². The summed E-state index contributed by atoms with van der Waals surface area (Å²) in [5, 5.41) is 20.5. The van der Waals surface area contributed by atoms with Crippen molar-refractivity contribution in [3.05, 3.63) is 52.6 Å². The summed E-state index contributed by atoms with van der Waals surface area (Å²) >= 11 is 0. The summed E-state index contributed by atoms with van der Waals surface area (Å²) in [6.45, 7) is 2.57. The van der Waals surface area contributed by atoms with Gasteiger partial charge in [-0.3, -0.25) is 14.9 Å². The third-order valence-corrected chi connectivity index (χ3v) is 3.64. The first-order valence-electron chi connectivity index (χ1n) is 7.75. The first-order chi connectivity index (χ1) is 11.6. The lowest BCUT2D eigenvalue weighted by molar-refractivity contribution is -0.384. The Hall–Kier alpha value is -2.74. The quantitative estimate of drug-likeness (QED) is 0.588. The zero-order valence-electron chi connectivity index (χ0n) is 13.5. The molecule has 0 radical (unpaired) electrons. The maximum Gasteiger partial charge on any atom is 0.294 e. The van der Waals surface area contributed by atoms with Crippen LogP contribution in [-0.4, -0.2) is 50.1 Å². The maximum atomic E-state index is 12.6. The number of nitro benzene ring substituents is 1. The third kappa shape index (κ3) is 3.96. The summed E-state index contributed by atoms with van der Waals surface area (Å²) in [5.41, 5.74) is 0.407. The molecular formula is C16H20N4O4. The van der Waals surface area contributed by atoms with Gasteiger partial charge in [0, 0.05) is 37.1 Å². The van der Waals surface area contributed by atoms with E-state index in [1.54, 1.807) is 12.3 Å². The van der Waals surface area contributed by atoms with Crippen molar-refractivity contribution in [2.45, 2.75) is 19.8 Å². The van der Waals surface area contributed by atoms with Gasteiger partial charge in [0.1, 0.15) is 5.69 Å². The minimum atomic E-state index is -0.519. The van der Waals surface area contributed by atoms with Crippen LogP contribution in [0.25, 0.3) is 5.69 Å². The molecule has 24 heavy (non-hydrogen) atoms. The summed E-state index contributed by atoms with van der Waals surface area (Å²) in [5.74, 6) is -0.321. The monoisotopic (exact) mass is 332 g/mol. The number of carbonyl (C=O) groups excluding carboxylic acids is 1. The van der Waals surface area contributed by atoms with Crippen LogP contribution < -0.4 is 0 Å². The summed E-state index contributed by atoms with van der Waals surface area (Å²) in [7, 11) is 0. The van der Waals surface area contributed by atoms with Crippen molar-refractivity contribution in [1.29, 1.82) is 0 Å². The van der Waals surface area contributed by atoms with Gasteiger partial charge in [-0.2, -0.15) is 0 Å². The number of benzene rings is 1. The fourth-order valence-corrected chi connectivity index (χ4v) is 2.39. The number of imidazole rings is 1. The van der Waals surface area contributed by atoms with Gasteiger partial charge in [-0.1, -0.05) is 13.3 Å². The van der Waals surface area contributed by atoms with E-state index in [0.717, 1.165) is 12.8 Å². The van der Waals surface area contributed by atoms with E-state index in [9.17, 15) is 14.9 Å². The van der Waals surface area contributed by atoms with E-state index >= 15 is 0 Å². The molecule has 1 aromatic heterocycles. The molecule has 0 aliphatic carbocycles. The second kappa shape index (κ2) is 8.21. The first-order valence-corrected chi connectivity index (χ1v) is 7.75. The van der Waals surface area contributed by atoms with Gasteiger partial charge in [-0.15, -0.1) is 0 Å². The van der Waals surface area contributed by atoms with E-state index in [2.05, 4.69) is 4.98 Å². The molecule has 128 valence electrons. The van der Waals surface area contributed by atoms with Crippen molar-refractivity contribution >= 4 is 11.6 Å². The zero-order valence-corrected chi connectivity index (χ0v) is 13.5. The second-order valence-electron chi connectivity index (χ2n) is 5.30. The van der Waals surface area contributed by atoms with Crippen LogP contribution >= 0.6 is 0 Å². The number of aliphatic hydroxyl groups is 1. The predicted molar refractivity (Wildman–Crippen MR) is 88.1 cm³/mol. The predicted octanol–water partition coefficient (Wildman–Crippen LogP) is 2.02. The van der Waals surface area contributed by atoms with E-state index in [4.69, 9.17) is 5.11 Å². The van der Waals surface area contributed by atoms with Gasteiger partial charge in [0.25, 0.3) is 11.6 Å². The lowest BCUT2D eigenvalue weighted by atomic mass is 10.1. The molecule has 2 aromatic rings. The fourth-order valence-electron chi connectivity index (χ4n) is 2.39. The van der Waals surface area contributed by atoms with Crippen molar-refractivity contribution in [3.63, 3.8) is 0 Å². The molecule has 0 bridgehead atoms. The van der Waals surface area contributed by atoms with Gasteiger partial charge in [0.2, 0.25) is 0 Å². The molecule has 1 N–H and O–H groups in total. The molecule has 1 aromatic carbocycles. The second-order valence-corrected chi connectivity index (χ2v) is 5.30. The van der Waals surface area contributed by atoms with Crippen LogP contribution in [0.15, 0.2) is 36.9 Å². The third-order valence-electron chi connectivity index (χ3n) is 3.64. The number of nitro groups is 1. The molecule has 8 nitrogen and oxygen atoms in total. The molecule has 2 rings (SSSR count). The smallest absolute Gasteiger partial charge is 0.294 e. The molecule has 8 heteroatoms. The summed E-state index contributed by atoms with van der Waals surface area (Å²) in [4.78, 5) is 28.8. The van der Waals surface area contributed by atoms with Gasteiger partial charge >= 0.3 is 0 Å². The SMILES string of the molecule is CCCCN(CCO)C(=O)c1ccc(-n2ccnc2)c([N+](=O)[O-])c1. The molecular weight excluding hydrogens is 312 g/mol. The number of aromatic nitrogens is 2. The molecule has 0 saturated carbocycles. The normalized spacial score (nSPS) is 10.6. The number of amides is 1. The van der Waals surface area contributed by atoms with Gasteiger partial charge in [0.05, 0.1) is 17.9 Å². The average Bonchev–Trinajstić information content (AvgIpc) is 3.11. The number of unbranched alkanes of at least 4 members (excludes halogenated alkanes) is 1. The van der Waals surface area contributed by atoms with Gasteiger partial charge < -0.3 is 14.6 Å². The van der Waals surface area contributed by atoms with E-state index in [1.807, 2.05) is 6.92 Å². The Bertz CT molecular complexity index is 700. The first kappa shape index (κ1) is 17.6. The molecule has 0 spiro atoms. The van der Waals surface area contributed by atoms with Crippen LogP contribution in [0, 0.1) is 10.1 Å². The van der Waals surface area contributed by atoms with Gasteiger partial charge in [0.15, 0.2) is 0 Å². The van der Waals surface area contributed by atoms with Crippen molar-refractivity contribution in [1.82, 2.24) is 14.5 Å². The van der Waals surface area contributed by atoms with E-state index in [0.29, 0.717) is 12.2 Å². The highest BCUT2D eigenvalue weighted by Gasteiger charge is 2.21. The highest BCUT2D eigenvalue weighted by Crippen LogP contribution is 2.25. The standard InChI is InChI=1S/C16H20N4O4/c1-2-3-7-18(9-10-21)16(22)13-4-5-14(15(11-13)20(23)24)19-8-6-17-12-19/h4-6,8,11-12,21H,2-3,7,9-10H2,1H3. The lowest BCUT2D eigenvalue weighted by Crippen LogP contribution is -2.34. The van der Waals surface area contributed by atoms with Gasteiger partial charge in [-0.25, -0.2) is 4.98 Å². The molecule has 0 fully saturated rings. The van der Waals surface area contributed by atoms with Crippen LogP contribution in [0.2, 0.25) is 0 Å². The van der Waals surface area contributed by atoms with Crippen LogP contribution in [0.3, 0.4) is 0 Å². The molecule has 0 aliphatic heterocycles. The number of nitrogens with zero attached hydrogens (tertiary/aromatic N) is 4. The fraction of sp³-hybridized carbons (Fsp3) is 0.375. The Morgan fingerprint density at radius 1 is 1.42 bits per heavy atom. The van der Waals surface area contributed by atoms with Crippen molar-refractivity contribution in [2.24, 2.45) is 0 Å². The number of rotatable bonds is 8.